The van der Waals surface area contributed by atoms with E-state index >= 15 is 0 Å². The summed E-state index contributed by atoms with van der Waals surface area (Å²) in [5, 5.41) is 17.0. The first-order chi connectivity index (χ1) is 4.89. The first kappa shape index (κ1) is 10.2. The van der Waals surface area contributed by atoms with E-state index in [1.165, 1.54) is 6.92 Å². The van der Waals surface area contributed by atoms with Gasteiger partial charge in [-0.15, -0.1) is 0 Å². The Balaban J connectivity index is 4.15. The lowest BCUT2D eigenvalue weighted by Crippen LogP contribution is -2.28. The van der Waals surface area contributed by atoms with Crippen molar-refractivity contribution in [1.82, 2.24) is 0 Å². The maximum Gasteiger partial charge on any atom is 0.410 e. The van der Waals surface area contributed by atoms with Gasteiger partial charge in [0.2, 0.25) is 0 Å². The quantitative estimate of drug-likeness (QED) is 0.275. The SMILES string of the molecule is C=C(C)C(=O)OC(O)(O)P=O. The van der Waals surface area contributed by atoms with Crippen molar-refractivity contribution in [3.63, 3.8) is 0 Å². The average Bonchev–Trinajstić information content (AvgIpc) is 1.87. The number of carbonyl (C=O) groups excluding carboxylic acids is 1. The van der Waals surface area contributed by atoms with Crippen molar-refractivity contribution in [2.75, 3.05) is 0 Å². The molecular formula is C5H7O5P. The van der Waals surface area contributed by atoms with E-state index in [4.69, 9.17) is 10.2 Å². The molecule has 0 saturated carbocycles. The third-order valence-electron chi connectivity index (χ3n) is 0.697. The minimum Gasteiger partial charge on any atom is -0.395 e. The highest BCUT2D eigenvalue weighted by atomic mass is 31.1. The van der Waals surface area contributed by atoms with Gasteiger partial charge >= 0.3 is 11.7 Å². The van der Waals surface area contributed by atoms with Gasteiger partial charge in [-0.3, -0.25) is 4.57 Å². The van der Waals surface area contributed by atoms with E-state index in [-0.39, 0.29) is 5.57 Å². The molecule has 0 rings (SSSR count). The Bertz CT molecular complexity index is 197. The van der Waals surface area contributed by atoms with Crippen LogP contribution in [0.4, 0.5) is 0 Å². The van der Waals surface area contributed by atoms with E-state index in [9.17, 15) is 9.36 Å². The van der Waals surface area contributed by atoms with E-state index < -0.39 is 20.1 Å². The van der Waals surface area contributed by atoms with Crippen molar-refractivity contribution in [3.05, 3.63) is 12.2 Å². The van der Waals surface area contributed by atoms with Crippen LogP contribution in [0.3, 0.4) is 0 Å². The fourth-order valence-corrected chi connectivity index (χ4v) is 0.350. The van der Waals surface area contributed by atoms with Crippen molar-refractivity contribution in [2.24, 2.45) is 0 Å². The van der Waals surface area contributed by atoms with Crippen LogP contribution >= 0.6 is 8.46 Å². The van der Waals surface area contributed by atoms with Gasteiger partial charge in [0.25, 0.3) is 8.46 Å². The number of esters is 1. The van der Waals surface area contributed by atoms with Gasteiger partial charge in [-0.05, 0) is 6.92 Å². The first-order valence-corrected chi connectivity index (χ1v) is 3.38. The van der Waals surface area contributed by atoms with E-state index in [1.807, 2.05) is 0 Å². The molecule has 6 heteroatoms. The Morgan fingerprint density at radius 3 is 2.36 bits per heavy atom. The summed E-state index contributed by atoms with van der Waals surface area (Å²) >= 11 is 0. The molecule has 0 aliphatic rings. The van der Waals surface area contributed by atoms with Gasteiger partial charge in [0.15, 0.2) is 0 Å². The van der Waals surface area contributed by atoms with Crippen LogP contribution in [-0.2, 0) is 14.1 Å². The Morgan fingerprint density at radius 2 is 2.09 bits per heavy atom. The molecule has 0 bridgehead atoms. The summed E-state index contributed by atoms with van der Waals surface area (Å²) in [7, 11) is -1.10. The molecule has 0 amide bonds. The van der Waals surface area contributed by atoms with Crippen molar-refractivity contribution in [2.45, 2.75) is 12.6 Å². The Kier molecular flexibility index (Phi) is 3.32. The Hall–Kier alpha value is -0.770. The Morgan fingerprint density at radius 1 is 1.64 bits per heavy atom. The zero-order chi connectivity index (χ0) is 9.07. The normalized spacial score (nSPS) is 11.2. The molecule has 5 nitrogen and oxygen atoms in total. The van der Waals surface area contributed by atoms with Gasteiger partial charge in [-0.1, -0.05) is 6.58 Å². The molecule has 11 heavy (non-hydrogen) atoms. The summed E-state index contributed by atoms with van der Waals surface area (Å²) in [4.78, 5) is 10.5. The highest BCUT2D eigenvalue weighted by molar-refractivity contribution is 7.25. The van der Waals surface area contributed by atoms with E-state index in [1.54, 1.807) is 0 Å². The lowest BCUT2D eigenvalue weighted by molar-refractivity contribution is -0.256. The monoisotopic (exact) mass is 178 g/mol. The van der Waals surface area contributed by atoms with Crippen LogP contribution in [-0.4, -0.2) is 21.9 Å². The van der Waals surface area contributed by atoms with Crippen LogP contribution in [0.1, 0.15) is 6.92 Å². The molecule has 0 aliphatic heterocycles. The second kappa shape index (κ2) is 3.57. The second-order valence-electron chi connectivity index (χ2n) is 1.83. The van der Waals surface area contributed by atoms with Crippen molar-refractivity contribution < 1.29 is 24.3 Å². The number of ether oxygens (including phenoxy) is 1. The predicted molar refractivity (Wildman–Crippen MR) is 35.7 cm³/mol. The molecule has 0 aromatic carbocycles. The summed E-state index contributed by atoms with van der Waals surface area (Å²) in [6.45, 7) is 4.49. The highest BCUT2D eigenvalue weighted by Gasteiger charge is 2.29. The maximum atomic E-state index is 10.5. The minimum atomic E-state index is -2.95. The van der Waals surface area contributed by atoms with Crippen molar-refractivity contribution >= 4 is 14.4 Å². The fourth-order valence-electron chi connectivity index (χ4n) is 0.230. The third-order valence-corrected chi connectivity index (χ3v) is 1.03. The molecule has 2 N–H and O–H groups in total. The molecule has 0 unspecified atom stereocenters. The zero-order valence-corrected chi connectivity index (χ0v) is 6.67. The van der Waals surface area contributed by atoms with Gasteiger partial charge in [-0.25, -0.2) is 4.79 Å². The summed E-state index contributed by atoms with van der Waals surface area (Å²) in [6.07, 6.45) is 0. The second-order valence-corrected chi connectivity index (χ2v) is 2.60. The summed E-state index contributed by atoms with van der Waals surface area (Å²) in [5.41, 5.74) is -2.96. The van der Waals surface area contributed by atoms with Gasteiger partial charge in [0.1, 0.15) is 0 Å². The fraction of sp³-hybridized carbons (Fsp3) is 0.400. The van der Waals surface area contributed by atoms with Crippen molar-refractivity contribution in [1.29, 1.82) is 0 Å². The molecule has 0 radical (unpaired) electrons. The van der Waals surface area contributed by atoms with Crippen LogP contribution in [0.2, 0.25) is 0 Å². The smallest absolute Gasteiger partial charge is 0.395 e. The number of rotatable bonds is 3. The maximum absolute atomic E-state index is 10.5. The molecule has 0 saturated heterocycles. The van der Waals surface area contributed by atoms with E-state index in [0.29, 0.717) is 0 Å². The largest absolute Gasteiger partial charge is 0.410 e. The lowest BCUT2D eigenvalue weighted by atomic mass is 10.4. The first-order valence-electron chi connectivity index (χ1n) is 2.57. The number of aliphatic hydroxyl groups is 2. The van der Waals surface area contributed by atoms with Gasteiger partial charge in [0.05, 0.1) is 0 Å². The van der Waals surface area contributed by atoms with Crippen LogP contribution in [0.15, 0.2) is 12.2 Å². The van der Waals surface area contributed by atoms with Gasteiger partial charge in [-0.2, -0.15) is 0 Å². The minimum absolute atomic E-state index is 0.0128. The molecule has 0 spiro atoms. The van der Waals surface area contributed by atoms with E-state index in [2.05, 4.69) is 11.3 Å². The van der Waals surface area contributed by atoms with Gasteiger partial charge < -0.3 is 14.9 Å². The molecule has 0 heterocycles. The average molecular weight is 178 g/mol. The predicted octanol–water partition coefficient (Wildman–Crippen LogP) is -0.00670. The lowest BCUT2D eigenvalue weighted by Gasteiger charge is -2.12. The molecule has 0 atom stereocenters. The van der Waals surface area contributed by atoms with E-state index in [0.717, 1.165) is 0 Å². The van der Waals surface area contributed by atoms with Crippen molar-refractivity contribution in [3.8, 4) is 0 Å². The summed E-state index contributed by atoms with van der Waals surface area (Å²) in [5.74, 6) is -1.02. The summed E-state index contributed by atoms with van der Waals surface area (Å²) in [6, 6.07) is 0. The topological polar surface area (TPSA) is 83.8 Å². The Labute approximate surface area is 64.5 Å². The molecule has 0 aliphatic carbocycles. The van der Waals surface area contributed by atoms with Crippen LogP contribution in [0.5, 0.6) is 0 Å². The summed E-state index contributed by atoms with van der Waals surface area (Å²) < 4.78 is 13.8. The van der Waals surface area contributed by atoms with Gasteiger partial charge in [0, 0.05) is 5.57 Å². The molecule has 0 aromatic heterocycles. The standard InChI is InChI=1S/C5H7O5P/c1-3(2)4(6)10-5(7,8)11-9/h7-8H,1H2,2H3. The number of carbonyl (C=O) groups is 1. The molecule has 0 fully saturated rings. The van der Waals surface area contributed by atoms with Crippen LogP contribution in [0.25, 0.3) is 0 Å². The number of hydrogen-bond donors (Lipinski definition) is 2. The molecule has 0 aromatic rings. The number of hydrogen-bond acceptors (Lipinski definition) is 5. The molecular weight excluding hydrogens is 171 g/mol. The van der Waals surface area contributed by atoms with Crippen LogP contribution < -0.4 is 0 Å². The zero-order valence-electron chi connectivity index (χ0n) is 5.77. The third kappa shape index (κ3) is 3.83. The van der Waals surface area contributed by atoms with Crippen LogP contribution in [0, 0.1) is 0 Å². The molecule has 62 valence electrons. The highest BCUT2D eigenvalue weighted by Crippen LogP contribution is 2.18.